The highest BCUT2D eigenvalue weighted by Gasteiger charge is 2.28. The molecule has 0 spiro atoms. The Morgan fingerprint density at radius 2 is 2.19 bits per heavy atom. The molecule has 2 fully saturated rings. The van der Waals surface area contributed by atoms with Crippen molar-refractivity contribution in [2.24, 2.45) is 17.6 Å². The van der Waals surface area contributed by atoms with E-state index in [2.05, 4.69) is 12.2 Å². The summed E-state index contributed by atoms with van der Waals surface area (Å²) in [7, 11) is 0. The lowest BCUT2D eigenvalue weighted by atomic mass is 9.99. The van der Waals surface area contributed by atoms with Gasteiger partial charge in [0.25, 0.3) is 0 Å². The van der Waals surface area contributed by atoms with Gasteiger partial charge in [-0.15, -0.1) is 0 Å². The van der Waals surface area contributed by atoms with Crippen molar-refractivity contribution in [2.75, 3.05) is 19.7 Å². The zero-order valence-corrected chi connectivity index (χ0v) is 10.5. The molecule has 0 aromatic heterocycles. The van der Waals surface area contributed by atoms with E-state index in [4.69, 9.17) is 10.5 Å². The van der Waals surface area contributed by atoms with Gasteiger partial charge in [0.05, 0.1) is 6.10 Å². The van der Waals surface area contributed by atoms with Crippen LogP contribution < -0.4 is 11.1 Å². The first-order chi connectivity index (χ1) is 7.81. The van der Waals surface area contributed by atoms with Gasteiger partial charge in [0.15, 0.2) is 0 Å². The van der Waals surface area contributed by atoms with Crippen molar-refractivity contribution in [1.29, 1.82) is 0 Å². The van der Waals surface area contributed by atoms with Crippen LogP contribution in [0.25, 0.3) is 0 Å². The van der Waals surface area contributed by atoms with Crippen LogP contribution in [0.2, 0.25) is 0 Å². The number of hydrogen-bond donors (Lipinski definition) is 2. The maximum absolute atomic E-state index is 6.06. The smallest absolute Gasteiger partial charge is 0.0613 e. The SMILES string of the molecule is CCC1OCCC1CNCCC(N)C1CC1. The Kier molecular flexibility index (Phi) is 4.62. The molecule has 3 unspecified atom stereocenters. The molecule has 94 valence electrons. The summed E-state index contributed by atoms with van der Waals surface area (Å²) in [6.07, 6.45) is 6.71. The van der Waals surface area contributed by atoms with E-state index >= 15 is 0 Å². The molecule has 3 atom stereocenters. The second kappa shape index (κ2) is 5.99. The summed E-state index contributed by atoms with van der Waals surface area (Å²) in [5.41, 5.74) is 6.06. The molecule has 1 saturated heterocycles. The standard InChI is InChI=1S/C13H26N2O/c1-2-13-11(6-8-16-13)9-15-7-5-12(14)10-3-4-10/h10-13,15H,2-9,14H2,1H3. The Labute approximate surface area is 99.1 Å². The molecule has 3 N–H and O–H groups in total. The zero-order chi connectivity index (χ0) is 11.4. The van der Waals surface area contributed by atoms with E-state index in [0.717, 1.165) is 44.4 Å². The van der Waals surface area contributed by atoms with E-state index in [0.29, 0.717) is 12.1 Å². The van der Waals surface area contributed by atoms with E-state index in [-0.39, 0.29) is 0 Å². The van der Waals surface area contributed by atoms with E-state index in [1.165, 1.54) is 19.3 Å². The van der Waals surface area contributed by atoms with Gasteiger partial charge in [-0.2, -0.15) is 0 Å². The van der Waals surface area contributed by atoms with Gasteiger partial charge < -0.3 is 15.8 Å². The van der Waals surface area contributed by atoms with Crippen molar-refractivity contribution < 1.29 is 4.74 Å². The molecule has 0 bridgehead atoms. The monoisotopic (exact) mass is 226 g/mol. The summed E-state index contributed by atoms with van der Waals surface area (Å²) in [6, 6.07) is 0.439. The van der Waals surface area contributed by atoms with Crippen molar-refractivity contribution in [3.05, 3.63) is 0 Å². The molecular weight excluding hydrogens is 200 g/mol. The van der Waals surface area contributed by atoms with Crippen LogP contribution in [0.3, 0.4) is 0 Å². The Bertz CT molecular complexity index is 206. The first-order valence-electron chi connectivity index (χ1n) is 6.89. The van der Waals surface area contributed by atoms with Crippen molar-refractivity contribution in [3.63, 3.8) is 0 Å². The lowest BCUT2D eigenvalue weighted by Crippen LogP contribution is -2.32. The highest BCUT2D eigenvalue weighted by atomic mass is 16.5. The summed E-state index contributed by atoms with van der Waals surface area (Å²) in [5, 5.41) is 3.55. The van der Waals surface area contributed by atoms with Crippen LogP contribution in [0.1, 0.15) is 39.0 Å². The minimum Gasteiger partial charge on any atom is -0.378 e. The van der Waals surface area contributed by atoms with Crippen molar-refractivity contribution >= 4 is 0 Å². The van der Waals surface area contributed by atoms with Gasteiger partial charge in [0.2, 0.25) is 0 Å². The normalized spacial score (nSPS) is 31.9. The van der Waals surface area contributed by atoms with Crippen LogP contribution in [0, 0.1) is 11.8 Å². The minimum absolute atomic E-state index is 0.439. The molecule has 3 heteroatoms. The lowest BCUT2D eigenvalue weighted by Gasteiger charge is -2.18. The number of nitrogens with two attached hydrogens (primary N) is 1. The molecule has 3 nitrogen and oxygen atoms in total. The predicted octanol–water partition coefficient (Wildman–Crippen LogP) is 1.52. The van der Waals surface area contributed by atoms with Gasteiger partial charge in [-0.05, 0) is 50.5 Å². The van der Waals surface area contributed by atoms with Crippen LogP contribution in [0.4, 0.5) is 0 Å². The summed E-state index contributed by atoms with van der Waals surface area (Å²) >= 11 is 0. The fourth-order valence-electron chi connectivity index (χ4n) is 2.69. The first-order valence-corrected chi connectivity index (χ1v) is 6.89. The maximum atomic E-state index is 6.06. The summed E-state index contributed by atoms with van der Waals surface area (Å²) in [5.74, 6) is 1.56. The van der Waals surface area contributed by atoms with E-state index in [1.54, 1.807) is 0 Å². The van der Waals surface area contributed by atoms with E-state index in [1.807, 2.05) is 0 Å². The number of rotatable bonds is 7. The van der Waals surface area contributed by atoms with Crippen LogP contribution in [0.5, 0.6) is 0 Å². The third kappa shape index (κ3) is 3.44. The highest BCUT2D eigenvalue weighted by molar-refractivity contribution is 4.84. The number of ether oxygens (including phenoxy) is 1. The average molecular weight is 226 g/mol. The van der Waals surface area contributed by atoms with Crippen molar-refractivity contribution in [3.8, 4) is 0 Å². The number of hydrogen-bond acceptors (Lipinski definition) is 3. The van der Waals surface area contributed by atoms with E-state index < -0.39 is 0 Å². The molecule has 0 aromatic rings. The molecule has 0 radical (unpaired) electrons. The fourth-order valence-corrected chi connectivity index (χ4v) is 2.69. The third-order valence-electron chi connectivity index (χ3n) is 4.04. The molecule has 0 amide bonds. The molecule has 0 aromatic carbocycles. The molecule has 16 heavy (non-hydrogen) atoms. The maximum Gasteiger partial charge on any atom is 0.0613 e. The second-order valence-electron chi connectivity index (χ2n) is 5.36. The Balaban J connectivity index is 1.53. The molecule has 2 aliphatic rings. The van der Waals surface area contributed by atoms with Gasteiger partial charge in [0, 0.05) is 19.2 Å². The Hall–Kier alpha value is -0.120. The summed E-state index contributed by atoms with van der Waals surface area (Å²) in [6.45, 7) is 5.35. The van der Waals surface area contributed by atoms with Crippen LogP contribution in [-0.4, -0.2) is 31.8 Å². The van der Waals surface area contributed by atoms with Gasteiger partial charge in [-0.25, -0.2) is 0 Å². The fraction of sp³-hybridized carbons (Fsp3) is 1.00. The van der Waals surface area contributed by atoms with Crippen molar-refractivity contribution in [1.82, 2.24) is 5.32 Å². The second-order valence-corrected chi connectivity index (χ2v) is 5.36. The predicted molar refractivity (Wildman–Crippen MR) is 66.3 cm³/mol. The third-order valence-corrected chi connectivity index (χ3v) is 4.04. The molecule has 1 heterocycles. The van der Waals surface area contributed by atoms with Crippen molar-refractivity contribution in [2.45, 2.75) is 51.2 Å². The number of nitrogens with one attached hydrogen (secondary N) is 1. The Morgan fingerprint density at radius 1 is 1.38 bits per heavy atom. The van der Waals surface area contributed by atoms with E-state index in [9.17, 15) is 0 Å². The van der Waals surface area contributed by atoms with Crippen LogP contribution in [0.15, 0.2) is 0 Å². The topological polar surface area (TPSA) is 47.3 Å². The van der Waals surface area contributed by atoms with Gasteiger partial charge >= 0.3 is 0 Å². The summed E-state index contributed by atoms with van der Waals surface area (Å²) < 4.78 is 5.68. The van der Waals surface area contributed by atoms with Crippen LogP contribution >= 0.6 is 0 Å². The first kappa shape index (κ1) is 12.3. The Morgan fingerprint density at radius 3 is 2.88 bits per heavy atom. The molecular formula is C13H26N2O. The molecule has 1 aliphatic carbocycles. The molecule has 2 rings (SSSR count). The zero-order valence-electron chi connectivity index (χ0n) is 10.5. The average Bonchev–Trinajstić information content (AvgIpc) is 3.04. The molecule has 1 aliphatic heterocycles. The highest BCUT2D eigenvalue weighted by Crippen LogP contribution is 2.32. The van der Waals surface area contributed by atoms with Gasteiger partial charge in [0.1, 0.15) is 0 Å². The molecule has 1 saturated carbocycles. The largest absolute Gasteiger partial charge is 0.378 e. The lowest BCUT2D eigenvalue weighted by molar-refractivity contribution is 0.0873. The van der Waals surface area contributed by atoms with Crippen LogP contribution in [-0.2, 0) is 4.74 Å². The minimum atomic E-state index is 0.439. The van der Waals surface area contributed by atoms with Gasteiger partial charge in [-0.3, -0.25) is 0 Å². The summed E-state index contributed by atoms with van der Waals surface area (Å²) in [4.78, 5) is 0. The van der Waals surface area contributed by atoms with Gasteiger partial charge in [-0.1, -0.05) is 6.92 Å². The quantitative estimate of drug-likeness (QED) is 0.647.